The minimum absolute atomic E-state index is 0.164. The van der Waals surface area contributed by atoms with Crippen molar-refractivity contribution in [1.29, 1.82) is 0 Å². The minimum Gasteiger partial charge on any atom is -0.343 e. The number of benzene rings is 1. The third-order valence-electron chi connectivity index (χ3n) is 3.40. The molecule has 0 bridgehead atoms. The van der Waals surface area contributed by atoms with Crippen molar-refractivity contribution in [3.8, 4) is 0 Å². The molecule has 3 nitrogen and oxygen atoms in total. The van der Waals surface area contributed by atoms with Gasteiger partial charge in [0, 0.05) is 30.6 Å². The first-order chi connectivity index (χ1) is 8.66. The van der Waals surface area contributed by atoms with Crippen LogP contribution in [0.5, 0.6) is 0 Å². The zero-order valence-corrected chi connectivity index (χ0v) is 11.2. The van der Waals surface area contributed by atoms with E-state index in [0.717, 1.165) is 31.5 Å². The highest BCUT2D eigenvalue weighted by molar-refractivity contribution is 6.30. The molecule has 1 aliphatic rings. The van der Waals surface area contributed by atoms with Crippen LogP contribution in [0.1, 0.15) is 37.3 Å². The number of rotatable bonds is 3. The molecule has 4 heteroatoms. The van der Waals surface area contributed by atoms with Gasteiger partial charge in [-0.2, -0.15) is 0 Å². The number of carbonyl (C=O) groups is 1. The van der Waals surface area contributed by atoms with Gasteiger partial charge in [-0.05, 0) is 37.0 Å². The summed E-state index contributed by atoms with van der Waals surface area (Å²) in [6, 6.07) is 7.15. The molecule has 1 fully saturated rings. The Labute approximate surface area is 113 Å². The Morgan fingerprint density at radius 1 is 1.22 bits per heavy atom. The second kappa shape index (κ2) is 6.21. The van der Waals surface area contributed by atoms with Gasteiger partial charge in [-0.3, -0.25) is 4.79 Å². The number of nitrogens with two attached hydrogens (primary N) is 1. The Bertz CT molecular complexity index is 399. The van der Waals surface area contributed by atoms with E-state index in [-0.39, 0.29) is 11.9 Å². The maximum atomic E-state index is 12.1. The minimum atomic E-state index is -0.239. The molecule has 1 aromatic rings. The molecular formula is C14H19ClN2O. The lowest BCUT2D eigenvalue weighted by molar-refractivity contribution is -0.132. The Morgan fingerprint density at radius 2 is 1.83 bits per heavy atom. The van der Waals surface area contributed by atoms with Crippen LogP contribution in [-0.4, -0.2) is 23.9 Å². The molecule has 1 amide bonds. The molecule has 1 aromatic carbocycles. The van der Waals surface area contributed by atoms with Gasteiger partial charge >= 0.3 is 0 Å². The van der Waals surface area contributed by atoms with E-state index in [1.54, 1.807) is 0 Å². The Balaban J connectivity index is 1.91. The fourth-order valence-electron chi connectivity index (χ4n) is 2.29. The number of nitrogens with zero attached hydrogens (tertiary/aromatic N) is 1. The third-order valence-corrected chi connectivity index (χ3v) is 3.65. The number of carbonyl (C=O) groups excluding carboxylic acids is 1. The Morgan fingerprint density at radius 3 is 2.44 bits per heavy atom. The number of hydrogen-bond acceptors (Lipinski definition) is 2. The van der Waals surface area contributed by atoms with Crippen LogP contribution >= 0.6 is 11.6 Å². The molecule has 0 spiro atoms. The highest BCUT2D eigenvalue weighted by atomic mass is 35.5. The zero-order chi connectivity index (χ0) is 13.0. The van der Waals surface area contributed by atoms with Crippen LogP contribution in [0.25, 0.3) is 0 Å². The van der Waals surface area contributed by atoms with Crippen molar-refractivity contribution in [2.75, 3.05) is 13.1 Å². The normalized spacial score (nSPS) is 17.6. The summed E-state index contributed by atoms with van der Waals surface area (Å²) in [5, 5.41) is 0.688. The molecular weight excluding hydrogens is 248 g/mol. The first-order valence-corrected chi connectivity index (χ1v) is 6.83. The Kier molecular flexibility index (Phi) is 4.61. The maximum absolute atomic E-state index is 12.1. The van der Waals surface area contributed by atoms with Crippen molar-refractivity contribution in [3.05, 3.63) is 34.9 Å². The fourth-order valence-corrected chi connectivity index (χ4v) is 2.41. The Hall–Kier alpha value is -1.06. The molecule has 1 aliphatic heterocycles. The lowest BCUT2D eigenvalue weighted by atomic mass is 10.0. The number of piperidine rings is 1. The van der Waals surface area contributed by atoms with E-state index in [1.807, 2.05) is 29.2 Å². The summed E-state index contributed by atoms with van der Waals surface area (Å²) >= 11 is 5.83. The van der Waals surface area contributed by atoms with Gasteiger partial charge < -0.3 is 10.6 Å². The second-order valence-corrected chi connectivity index (χ2v) is 5.24. The van der Waals surface area contributed by atoms with Crippen LogP contribution in [0.15, 0.2) is 24.3 Å². The summed E-state index contributed by atoms with van der Waals surface area (Å²) in [6.45, 7) is 1.76. The van der Waals surface area contributed by atoms with Gasteiger partial charge in [-0.1, -0.05) is 23.7 Å². The van der Waals surface area contributed by atoms with Gasteiger partial charge in [-0.25, -0.2) is 0 Å². The van der Waals surface area contributed by atoms with E-state index in [4.69, 9.17) is 17.3 Å². The van der Waals surface area contributed by atoms with E-state index >= 15 is 0 Å². The molecule has 0 aliphatic carbocycles. The summed E-state index contributed by atoms with van der Waals surface area (Å²) in [7, 11) is 0. The maximum Gasteiger partial charge on any atom is 0.224 e. The quantitative estimate of drug-likeness (QED) is 0.914. The molecule has 18 heavy (non-hydrogen) atoms. The molecule has 0 radical (unpaired) electrons. The van der Waals surface area contributed by atoms with Crippen LogP contribution < -0.4 is 5.73 Å². The molecule has 1 atom stereocenters. The average Bonchev–Trinajstić information content (AvgIpc) is 2.40. The summed E-state index contributed by atoms with van der Waals surface area (Å²) in [4.78, 5) is 14.0. The van der Waals surface area contributed by atoms with E-state index < -0.39 is 0 Å². The predicted molar refractivity (Wildman–Crippen MR) is 73.4 cm³/mol. The van der Waals surface area contributed by atoms with Crippen molar-refractivity contribution in [2.24, 2.45) is 5.73 Å². The van der Waals surface area contributed by atoms with Crippen LogP contribution in [0.4, 0.5) is 0 Å². The van der Waals surface area contributed by atoms with Crippen LogP contribution in [0.3, 0.4) is 0 Å². The van der Waals surface area contributed by atoms with Crippen molar-refractivity contribution in [2.45, 2.75) is 31.7 Å². The van der Waals surface area contributed by atoms with Gasteiger partial charge in [-0.15, -0.1) is 0 Å². The largest absolute Gasteiger partial charge is 0.343 e. The zero-order valence-electron chi connectivity index (χ0n) is 10.4. The van der Waals surface area contributed by atoms with Gasteiger partial charge in [0.05, 0.1) is 0 Å². The first kappa shape index (κ1) is 13.4. The molecule has 0 saturated carbocycles. The average molecular weight is 267 g/mol. The molecule has 2 rings (SSSR count). The molecule has 1 unspecified atom stereocenters. The van der Waals surface area contributed by atoms with E-state index in [9.17, 15) is 4.79 Å². The van der Waals surface area contributed by atoms with Gasteiger partial charge in [0.2, 0.25) is 5.91 Å². The number of likely N-dealkylation sites (tertiary alicyclic amines) is 1. The van der Waals surface area contributed by atoms with Crippen molar-refractivity contribution in [1.82, 2.24) is 4.90 Å². The highest BCUT2D eigenvalue weighted by Gasteiger charge is 2.19. The fraction of sp³-hybridized carbons (Fsp3) is 0.500. The van der Waals surface area contributed by atoms with Crippen LogP contribution in [0, 0.1) is 0 Å². The summed E-state index contributed by atoms with van der Waals surface area (Å²) in [5.41, 5.74) is 7.02. The number of amides is 1. The summed E-state index contributed by atoms with van der Waals surface area (Å²) < 4.78 is 0. The van der Waals surface area contributed by atoms with Gasteiger partial charge in [0.15, 0.2) is 0 Å². The smallest absolute Gasteiger partial charge is 0.224 e. The standard InChI is InChI=1S/C14H19ClN2O/c15-12-6-4-11(5-7-12)13(16)10-14(18)17-8-2-1-3-9-17/h4-7,13H,1-3,8-10,16H2. The molecule has 2 N–H and O–H groups in total. The highest BCUT2D eigenvalue weighted by Crippen LogP contribution is 2.19. The topological polar surface area (TPSA) is 46.3 Å². The third kappa shape index (κ3) is 3.47. The SMILES string of the molecule is NC(CC(=O)N1CCCCC1)c1ccc(Cl)cc1. The van der Waals surface area contributed by atoms with Gasteiger partial charge in [0.25, 0.3) is 0 Å². The molecule has 98 valence electrons. The lowest BCUT2D eigenvalue weighted by Crippen LogP contribution is -2.37. The van der Waals surface area contributed by atoms with Crippen LogP contribution in [-0.2, 0) is 4.79 Å². The summed E-state index contributed by atoms with van der Waals surface area (Å²) in [6.07, 6.45) is 3.83. The summed E-state index contributed by atoms with van der Waals surface area (Å²) in [5.74, 6) is 0.164. The second-order valence-electron chi connectivity index (χ2n) is 4.80. The van der Waals surface area contributed by atoms with Crippen LogP contribution in [0.2, 0.25) is 5.02 Å². The molecule has 1 heterocycles. The van der Waals surface area contributed by atoms with E-state index in [0.29, 0.717) is 11.4 Å². The van der Waals surface area contributed by atoms with E-state index in [1.165, 1.54) is 6.42 Å². The lowest BCUT2D eigenvalue weighted by Gasteiger charge is -2.27. The first-order valence-electron chi connectivity index (χ1n) is 6.45. The number of hydrogen-bond donors (Lipinski definition) is 1. The molecule has 1 saturated heterocycles. The monoisotopic (exact) mass is 266 g/mol. The predicted octanol–water partition coefficient (Wildman–Crippen LogP) is 2.74. The van der Waals surface area contributed by atoms with Crippen molar-refractivity contribution in [3.63, 3.8) is 0 Å². The molecule has 0 aromatic heterocycles. The van der Waals surface area contributed by atoms with E-state index in [2.05, 4.69) is 0 Å². The van der Waals surface area contributed by atoms with Crippen molar-refractivity contribution < 1.29 is 4.79 Å². The number of halogens is 1. The van der Waals surface area contributed by atoms with Gasteiger partial charge in [0.1, 0.15) is 0 Å². The van der Waals surface area contributed by atoms with Crippen molar-refractivity contribution >= 4 is 17.5 Å².